The lowest BCUT2D eigenvalue weighted by molar-refractivity contribution is -0.133. The van der Waals surface area contributed by atoms with E-state index in [9.17, 15) is 28.8 Å². The largest absolute Gasteiger partial charge is 0.478 e. The van der Waals surface area contributed by atoms with Gasteiger partial charge in [-0.25, -0.2) is 28.8 Å². The van der Waals surface area contributed by atoms with Crippen molar-refractivity contribution in [3.63, 3.8) is 0 Å². The van der Waals surface area contributed by atoms with Crippen molar-refractivity contribution in [2.45, 2.75) is 54.4 Å². The minimum atomic E-state index is -0.935. The first-order chi connectivity index (χ1) is 20.2. The van der Waals surface area contributed by atoms with Gasteiger partial charge >= 0.3 is 35.8 Å². The van der Waals surface area contributed by atoms with Gasteiger partial charge in [0.15, 0.2) is 0 Å². The molecule has 0 aliphatic rings. The van der Waals surface area contributed by atoms with Gasteiger partial charge in [0, 0.05) is 59.2 Å². The summed E-state index contributed by atoms with van der Waals surface area (Å²) in [6.07, 6.45) is 1.36. The summed E-state index contributed by atoms with van der Waals surface area (Å²) in [4.78, 5) is 57.6. The van der Waals surface area contributed by atoms with Gasteiger partial charge in [0.2, 0.25) is 0 Å². The van der Waals surface area contributed by atoms with E-state index in [2.05, 4.69) is 39.5 Å². The lowest BCUT2D eigenvalue weighted by Crippen LogP contribution is -2.11. The second-order valence-corrected chi connectivity index (χ2v) is 8.61. The van der Waals surface area contributed by atoms with Crippen LogP contribution in [0.15, 0.2) is 72.9 Å². The third-order valence-corrected chi connectivity index (χ3v) is 3.48. The summed E-state index contributed by atoms with van der Waals surface area (Å²) in [5, 5.41) is 72.7. The molecule has 9 N–H and O–H groups in total. The molecule has 0 radical (unpaired) electrons. The molecule has 15 nitrogen and oxygen atoms in total. The first kappa shape index (κ1) is 56.0. The Morgan fingerprint density at radius 3 is 0.622 bits per heavy atom. The van der Waals surface area contributed by atoms with Crippen molar-refractivity contribution in [2.24, 2.45) is 5.92 Å². The summed E-state index contributed by atoms with van der Waals surface area (Å²) in [5.41, 5.74) is 1.06. The van der Waals surface area contributed by atoms with E-state index < -0.39 is 35.8 Å². The Morgan fingerprint density at radius 1 is 0.422 bits per heavy atom. The highest BCUT2D eigenvalue weighted by molar-refractivity contribution is 5.86. The number of aliphatic carboxylic acids is 6. The molecule has 0 saturated carbocycles. The van der Waals surface area contributed by atoms with Crippen LogP contribution in [-0.2, 0) is 28.8 Å². The summed E-state index contributed by atoms with van der Waals surface area (Å²) >= 11 is 0. The van der Waals surface area contributed by atoms with Crippen LogP contribution in [0, 0.1) is 5.92 Å². The molecule has 0 aromatic carbocycles. The molecule has 0 fully saturated rings. The van der Waals surface area contributed by atoms with Crippen LogP contribution in [0.3, 0.4) is 0 Å². The molecule has 0 bridgehead atoms. The first-order valence-electron chi connectivity index (χ1n) is 12.4. The third kappa shape index (κ3) is 73.3. The summed E-state index contributed by atoms with van der Waals surface area (Å²) in [5.74, 6) is -5.66. The van der Waals surface area contributed by atoms with Crippen molar-refractivity contribution in [3.8, 4) is 0 Å². The average molecular weight is 651 g/mol. The van der Waals surface area contributed by atoms with Gasteiger partial charge in [0.25, 0.3) is 0 Å². The number of carbonyl (C=O) groups is 6. The Kier molecular flexibility index (Phi) is 46.2. The molecule has 0 heterocycles. The molecule has 0 aromatic heterocycles. The Labute approximate surface area is 263 Å². The lowest BCUT2D eigenvalue weighted by Gasteiger charge is -2.07. The maximum Gasteiger partial charge on any atom is 0.330 e. The van der Waals surface area contributed by atoms with Gasteiger partial charge < -0.3 is 46.0 Å². The van der Waals surface area contributed by atoms with Crippen LogP contribution in [0.25, 0.3) is 0 Å². The highest BCUT2D eigenvalue weighted by Crippen LogP contribution is 2.02. The summed E-state index contributed by atoms with van der Waals surface area (Å²) in [6.45, 7) is 27.8. The first-order valence-corrected chi connectivity index (χ1v) is 12.4. The second-order valence-electron chi connectivity index (χ2n) is 8.61. The molecule has 0 saturated heterocycles. The van der Waals surface area contributed by atoms with Crippen molar-refractivity contribution >= 4 is 35.8 Å². The number of rotatable bonds is 11. The van der Waals surface area contributed by atoms with E-state index in [0.717, 1.165) is 0 Å². The molecule has 0 aliphatic carbocycles. The fourth-order valence-electron chi connectivity index (χ4n) is 0.620. The van der Waals surface area contributed by atoms with Crippen LogP contribution in [0.1, 0.15) is 54.4 Å². The fourth-order valence-corrected chi connectivity index (χ4v) is 0.620. The molecular weight excluding hydrogens is 600 g/mol. The van der Waals surface area contributed by atoms with Crippen LogP contribution in [0.4, 0.5) is 0 Å². The summed E-state index contributed by atoms with van der Waals surface area (Å²) in [6, 6.07) is 0. The number of carboxylic acids is 6. The van der Waals surface area contributed by atoms with E-state index in [1.807, 2.05) is 0 Å². The maximum atomic E-state index is 9.60. The minimum absolute atomic E-state index is 0.0104. The zero-order chi connectivity index (χ0) is 38.0. The molecule has 0 aromatic rings. The SMILES string of the molecule is C=C(C)C(=O)O.C=C(C)C(=O)O.C=C(C)C(=O)O.C=C(C)C(=O)O.C=C(C)C(=O)O.C=C(C)C(=O)O.OCCCC(CO)CO. The number of aliphatic hydroxyl groups is 3. The van der Waals surface area contributed by atoms with E-state index in [1.54, 1.807) is 0 Å². The Hall–Kier alpha value is -4.86. The highest BCUT2D eigenvalue weighted by atomic mass is 16.4. The molecule has 0 amide bonds. The Morgan fingerprint density at radius 2 is 0.556 bits per heavy atom. The predicted octanol–water partition coefficient (Wildman–Crippen LogP) is 3.24. The zero-order valence-corrected chi connectivity index (χ0v) is 26.8. The van der Waals surface area contributed by atoms with Crippen molar-refractivity contribution < 1.29 is 74.7 Å². The van der Waals surface area contributed by atoms with Gasteiger partial charge in [-0.15, -0.1) is 0 Å². The number of hydrogen-bond acceptors (Lipinski definition) is 9. The number of carboxylic acid groups (broad SMARTS) is 6. The smallest absolute Gasteiger partial charge is 0.330 e. The topological polar surface area (TPSA) is 284 Å². The van der Waals surface area contributed by atoms with E-state index >= 15 is 0 Å². The van der Waals surface area contributed by atoms with E-state index in [0.29, 0.717) is 12.8 Å². The molecular formula is C30H50O15. The van der Waals surface area contributed by atoms with E-state index in [4.69, 9.17) is 46.0 Å². The van der Waals surface area contributed by atoms with Gasteiger partial charge in [-0.1, -0.05) is 39.5 Å². The maximum absolute atomic E-state index is 9.60. The minimum Gasteiger partial charge on any atom is -0.478 e. The molecule has 0 rings (SSSR count). The van der Waals surface area contributed by atoms with Crippen LogP contribution in [0.2, 0.25) is 0 Å². The molecule has 45 heavy (non-hydrogen) atoms. The predicted molar refractivity (Wildman–Crippen MR) is 169 cm³/mol. The second kappa shape index (κ2) is 37.2. The average Bonchev–Trinajstić information content (AvgIpc) is 2.91. The van der Waals surface area contributed by atoms with Crippen LogP contribution >= 0.6 is 0 Å². The van der Waals surface area contributed by atoms with Crippen LogP contribution in [0.5, 0.6) is 0 Å². The van der Waals surface area contributed by atoms with Crippen molar-refractivity contribution in [1.82, 2.24) is 0 Å². The molecule has 0 unspecified atom stereocenters. The zero-order valence-electron chi connectivity index (χ0n) is 26.8. The van der Waals surface area contributed by atoms with Crippen molar-refractivity contribution in [3.05, 3.63) is 72.9 Å². The molecule has 260 valence electrons. The van der Waals surface area contributed by atoms with E-state index in [-0.39, 0.29) is 59.2 Å². The molecule has 0 aliphatic heterocycles. The highest BCUT2D eigenvalue weighted by Gasteiger charge is 2.03. The quantitative estimate of drug-likeness (QED) is 0.145. The lowest BCUT2D eigenvalue weighted by atomic mass is 10.1. The Balaban J connectivity index is -0.0000000754. The van der Waals surface area contributed by atoms with Gasteiger partial charge in [0.05, 0.1) is 0 Å². The normalized spacial score (nSPS) is 8.13. The van der Waals surface area contributed by atoms with Gasteiger partial charge in [-0.2, -0.15) is 0 Å². The standard InChI is InChI=1S/C6H14O3.6C4H6O2/c7-3-1-2-6(4-8)5-9;6*1-3(2)4(5)6/h6-9H,1-5H2;6*1H2,2H3,(H,5,6). The van der Waals surface area contributed by atoms with Crippen LogP contribution < -0.4 is 0 Å². The number of aliphatic hydroxyl groups excluding tert-OH is 3. The van der Waals surface area contributed by atoms with Gasteiger partial charge in [0.1, 0.15) is 0 Å². The van der Waals surface area contributed by atoms with Gasteiger partial charge in [-0.3, -0.25) is 0 Å². The van der Waals surface area contributed by atoms with E-state index in [1.165, 1.54) is 41.5 Å². The molecule has 15 heteroatoms. The van der Waals surface area contributed by atoms with Crippen molar-refractivity contribution in [2.75, 3.05) is 19.8 Å². The van der Waals surface area contributed by atoms with Crippen LogP contribution in [-0.4, -0.2) is 102 Å². The third-order valence-electron chi connectivity index (χ3n) is 3.48. The molecule has 0 atom stereocenters. The van der Waals surface area contributed by atoms with Crippen molar-refractivity contribution in [1.29, 1.82) is 0 Å². The van der Waals surface area contributed by atoms with Gasteiger partial charge in [-0.05, 0) is 54.4 Å². The summed E-state index contributed by atoms with van der Waals surface area (Å²) in [7, 11) is 0. The number of hydrogen-bond donors (Lipinski definition) is 9. The molecule has 0 spiro atoms. The Bertz CT molecular complexity index is 743. The fraction of sp³-hybridized carbons (Fsp3) is 0.400. The monoisotopic (exact) mass is 650 g/mol. The summed E-state index contributed by atoms with van der Waals surface area (Å²) < 4.78 is 0.